The second-order valence-corrected chi connectivity index (χ2v) is 5.24. The molecule has 3 rings (SSSR count). The molecule has 0 atom stereocenters. The first-order valence-electron chi connectivity index (χ1n) is 7.37. The van der Waals surface area contributed by atoms with E-state index in [1.165, 1.54) is 12.1 Å². The minimum absolute atomic E-state index is 0.0557. The summed E-state index contributed by atoms with van der Waals surface area (Å²) in [5.74, 6) is -0.334. The lowest BCUT2D eigenvalue weighted by Gasteiger charge is -2.29. The maximum atomic E-state index is 12.1. The van der Waals surface area contributed by atoms with Crippen molar-refractivity contribution in [2.24, 2.45) is 0 Å². The smallest absolute Gasteiger partial charge is 0.271 e. The molecule has 0 fully saturated rings. The molecule has 0 radical (unpaired) electrons. The van der Waals surface area contributed by atoms with Gasteiger partial charge in [-0.05, 0) is 24.1 Å². The number of hydrogen-bond acceptors (Lipinski definition) is 4. The van der Waals surface area contributed by atoms with Crippen LogP contribution in [0.25, 0.3) is 0 Å². The number of aromatic amines is 1. The maximum Gasteiger partial charge on any atom is 0.271 e. The lowest BCUT2D eigenvalue weighted by atomic mass is 10.0. The quantitative estimate of drug-likeness (QED) is 0.858. The molecule has 23 heavy (non-hydrogen) atoms. The second-order valence-electron chi connectivity index (χ2n) is 5.24. The zero-order valence-electron chi connectivity index (χ0n) is 12.4. The van der Waals surface area contributed by atoms with Crippen LogP contribution in [0.5, 0.6) is 0 Å². The highest BCUT2D eigenvalue weighted by Gasteiger charge is 2.23. The highest BCUT2D eigenvalue weighted by atomic mass is 16.2. The van der Waals surface area contributed by atoms with Crippen LogP contribution in [0.1, 0.15) is 22.5 Å². The van der Waals surface area contributed by atoms with E-state index >= 15 is 0 Å². The standard InChI is InChI=1S/C16H16N4O3/c21-14-7-6-12(18-19-14)16(23)17-9-10-20-13-4-2-1-3-11(13)5-8-15(20)22/h1-4,6-7H,5,8-10H2,(H,17,23)(H,19,21). The number of fused-ring (bicyclic) bond motifs is 1. The van der Waals surface area contributed by atoms with E-state index in [0.717, 1.165) is 17.7 Å². The molecule has 2 N–H and O–H groups in total. The highest BCUT2D eigenvalue weighted by molar-refractivity contribution is 5.96. The van der Waals surface area contributed by atoms with Crippen molar-refractivity contribution >= 4 is 17.5 Å². The SMILES string of the molecule is O=C(NCCN1C(=O)CCc2ccccc21)c1ccc(=O)[nH]n1. The van der Waals surface area contributed by atoms with Gasteiger partial charge in [0.15, 0.2) is 0 Å². The number of H-pyrrole nitrogens is 1. The third-order valence-corrected chi connectivity index (χ3v) is 3.72. The van der Waals surface area contributed by atoms with E-state index in [2.05, 4.69) is 15.5 Å². The monoisotopic (exact) mass is 312 g/mol. The third kappa shape index (κ3) is 3.28. The van der Waals surface area contributed by atoms with Gasteiger partial charge in [-0.25, -0.2) is 5.10 Å². The molecular formula is C16H16N4O3. The van der Waals surface area contributed by atoms with Crippen LogP contribution in [0, 0.1) is 0 Å². The van der Waals surface area contributed by atoms with Crippen molar-refractivity contribution in [3.05, 3.63) is 58.0 Å². The number of nitrogens with zero attached hydrogens (tertiary/aromatic N) is 2. The van der Waals surface area contributed by atoms with Crippen LogP contribution in [0.2, 0.25) is 0 Å². The molecule has 0 spiro atoms. The van der Waals surface area contributed by atoms with Crippen molar-refractivity contribution in [1.29, 1.82) is 0 Å². The summed E-state index contributed by atoms with van der Waals surface area (Å²) in [7, 11) is 0. The molecule has 1 aromatic heterocycles. The average Bonchev–Trinajstić information content (AvgIpc) is 2.57. The summed E-state index contributed by atoms with van der Waals surface area (Å²) >= 11 is 0. The fourth-order valence-corrected chi connectivity index (χ4v) is 2.58. The number of carbonyl (C=O) groups excluding carboxylic acids is 2. The van der Waals surface area contributed by atoms with Gasteiger partial charge in [0.25, 0.3) is 11.5 Å². The summed E-state index contributed by atoms with van der Waals surface area (Å²) in [6.45, 7) is 0.699. The van der Waals surface area contributed by atoms with Crippen molar-refractivity contribution in [2.45, 2.75) is 12.8 Å². The molecule has 1 aromatic carbocycles. The van der Waals surface area contributed by atoms with Crippen molar-refractivity contribution in [3.63, 3.8) is 0 Å². The molecule has 2 aromatic rings. The maximum absolute atomic E-state index is 12.1. The topological polar surface area (TPSA) is 95.2 Å². The molecule has 0 unspecified atom stereocenters. The minimum atomic E-state index is -0.390. The van der Waals surface area contributed by atoms with Crippen molar-refractivity contribution < 1.29 is 9.59 Å². The Morgan fingerprint density at radius 3 is 2.78 bits per heavy atom. The number of amides is 2. The molecule has 7 nitrogen and oxygen atoms in total. The summed E-state index contributed by atoms with van der Waals surface area (Å²) in [4.78, 5) is 36.6. The third-order valence-electron chi connectivity index (χ3n) is 3.72. The van der Waals surface area contributed by atoms with E-state index in [9.17, 15) is 14.4 Å². The number of nitrogens with one attached hydrogen (secondary N) is 2. The van der Waals surface area contributed by atoms with Crippen molar-refractivity contribution in [1.82, 2.24) is 15.5 Å². The Balaban J connectivity index is 1.62. The summed E-state index contributed by atoms with van der Waals surface area (Å²) < 4.78 is 0. The molecule has 1 aliphatic heterocycles. The van der Waals surface area contributed by atoms with E-state index < -0.39 is 0 Å². The first-order valence-corrected chi connectivity index (χ1v) is 7.37. The summed E-state index contributed by atoms with van der Waals surface area (Å²) in [5, 5.41) is 8.57. The van der Waals surface area contributed by atoms with Crippen LogP contribution in [-0.2, 0) is 11.2 Å². The van der Waals surface area contributed by atoms with Gasteiger partial charge in [-0.2, -0.15) is 5.10 Å². The second kappa shape index (κ2) is 6.43. The number of hydrogen-bond donors (Lipinski definition) is 2. The van der Waals surface area contributed by atoms with Crippen molar-refractivity contribution in [3.8, 4) is 0 Å². The predicted octanol–water partition coefficient (Wildman–Crippen LogP) is 0.479. The van der Waals surface area contributed by atoms with Gasteiger partial charge >= 0.3 is 0 Å². The number of aryl methyl sites for hydroxylation is 1. The van der Waals surface area contributed by atoms with Crippen LogP contribution in [-0.4, -0.2) is 35.1 Å². The number of para-hydroxylation sites is 1. The number of carbonyl (C=O) groups is 2. The van der Waals surface area contributed by atoms with Gasteiger partial charge in [0, 0.05) is 31.3 Å². The summed E-state index contributed by atoms with van der Waals surface area (Å²) in [6.07, 6.45) is 1.23. The van der Waals surface area contributed by atoms with E-state index in [4.69, 9.17) is 0 Å². The predicted molar refractivity (Wildman–Crippen MR) is 84.3 cm³/mol. The number of anilines is 1. The molecular weight excluding hydrogens is 296 g/mol. The molecule has 7 heteroatoms. The van der Waals surface area contributed by atoms with Crippen LogP contribution in [0.4, 0.5) is 5.69 Å². The number of aromatic nitrogens is 2. The number of rotatable bonds is 4. The average molecular weight is 312 g/mol. The molecule has 118 valence electrons. The normalized spacial score (nSPS) is 13.6. The van der Waals surface area contributed by atoms with Crippen LogP contribution >= 0.6 is 0 Å². The minimum Gasteiger partial charge on any atom is -0.349 e. The highest BCUT2D eigenvalue weighted by Crippen LogP contribution is 2.26. The lowest BCUT2D eigenvalue weighted by molar-refractivity contribution is -0.118. The Hall–Kier alpha value is -2.96. The van der Waals surface area contributed by atoms with Gasteiger partial charge in [0.1, 0.15) is 5.69 Å². The van der Waals surface area contributed by atoms with E-state index in [1.807, 2.05) is 24.3 Å². The zero-order chi connectivity index (χ0) is 16.2. The first kappa shape index (κ1) is 15.0. The van der Waals surface area contributed by atoms with Crippen LogP contribution in [0.15, 0.2) is 41.2 Å². The van der Waals surface area contributed by atoms with E-state index in [1.54, 1.807) is 4.90 Å². The van der Waals surface area contributed by atoms with Gasteiger partial charge in [0.2, 0.25) is 5.91 Å². The Morgan fingerprint density at radius 2 is 2.00 bits per heavy atom. The van der Waals surface area contributed by atoms with Gasteiger partial charge in [0.05, 0.1) is 0 Å². The van der Waals surface area contributed by atoms with Gasteiger partial charge in [-0.15, -0.1) is 0 Å². The van der Waals surface area contributed by atoms with Gasteiger partial charge in [-0.3, -0.25) is 14.4 Å². The molecule has 0 aliphatic carbocycles. The summed E-state index contributed by atoms with van der Waals surface area (Å²) in [5.41, 5.74) is 1.81. The Bertz CT molecular complexity index is 779. The Morgan fingerprint density at radius 1 is 1.17 bits per heavy atom. The first-order chi connectivity index (χ1) is 11.1. The summed E-state index contributed by atoms with van der Waals surface area (Å²) in [6, 6.07) is 10.4. The molecule has 2 amide bonds. The fourth-order valence-electron chi connectivity index (χ4n) is 2.58. The zero-order valence-corrected chi connectivity index (χ0v) is 12.4. The Kier molecular flexibility index (Phi) is 4.18. The van der Waals surface area contributed by atoms with Crippen molar-refractivity contribution in [2.75, 3.05) is 18.0 Å². The van der Waals surface area contributed by atoms with E-state index in [0.29, 0.717) is 19.5 Å². The number of benzene rings is 1. The molecule has 1 aliphatic rings. The van der Waals surface area contributed by atoms with E-state index in [-0.39, 0.29) is 23.1 Å². The molecule has 0 saturated carbocycles. The van der Waals surface area contributed by atoms with Crippen LogP contribution in [0.3, 0.4) is 0 Å². The lowest BCUT2D eigenvalue weighted by Crippen LogP contribution is -2.41. The van der Waals surface area contributed by atoms with Gasteiger partial charge in [-0.1, -0.05) is 18.2 Å². The molecule has 0 bridgehead atoms. The molecule has 0 saturated heterocycles. The largest absolute Gasteiger partial charge is 0.349 e. The van der Waals surface area contributed by atoms with Gasteiger partial charge < -0.3 is 10.2 Å². The fraction of sp³-hybridized carbons (Fsp3) is 0.250. The van der Waals surface area contributed by atoms with Crippen LogP contribution < -0.4 is 15.8 Å². The Labute approximate surface area is 132 Å². The molecule has 2 heterocycles.